The summed E-state index contributed by atoms with van der Waals surface area (Å²) in [5, 5.41) is 4.22. The number of aromatic nitrogens is 3. The van der Waals surface area contributed by atoms with E-state index in [-0.39, 0.29) is 0 Å². The van der Waals surface area contributed by atoms with Crippen LogP contribution in [0.5, 0.6) is 0 Å². The molecule has 0 spiro atoms. The maximum atomic E-state index is 5.51. The van der Waals surface area contributed by atoms with Crippen molar-refractivity contribution in [3.05, 3.63) is 30.1 Å². The van der Waals surface area contributed by atoms with Crippen molar-refractivity contribution in [1.29, 1.82) is 0 Å². The van der Waals surface area contributed by atoms with Crippen LogP contribution in [0.15, 0.2) is 29.2 Å². The van der Waals surface area contributed by atoms with E-state index in [0.29, 0.717) is 12.4 Å². The molecule has 1 aromatic heterocycles. The molecule has 1 heterocycles. The molecule has 0 saturated heterocycles. The molecule has 0 saturated carbocycles. The molecule has 4 nitrogen and oxygen atoms in total. The van der Waals surface area contributed by atoms with Crippen LogP contribution in [-0.4, -0.2) is 21.0 Å². The Kier molecular flexibility index (Phi) is 3.26. The zero-order chi connectivity index (χ0) is 11.5. The largest absolute Gasteiger partial charge is 0.324 e. The van der Waals surface area contributed by atoms with Gasteiger partial charge in [0.1, 0.15) is 0 Å². The Morgan fingerprint density at radius 1 is 1.31 bits per heavy atom. The second-order valence-electron chi connectivity index (χ2n) is 3.41. The molecule has 1 aromatic carbocycles. The molecule has 0 aliphatic heterocycles. The van der Waals surface area contributed by atoms with Crippen molar-refractivity contribution in [1.82, 2.24) is 14.8 Å². The van der Waals surface area contributed by atoms with Gasteiger partial charge in [0.25, 0.3) is 0 Å². The molecular weight excluding hydrogens is 220 g/mol. The first-order valence-corrected chi connectivity index (χ1v) is 6.21. The molecule has 0 fully saturated rings. The van der Waals surface area contributed by atoms with Gasteiger partial charge in [-0.2, -0.15) is 5.10 Å². The number of nitrogens with two attached hydrogens (primary N) is 1. The zero-order valence-electron chi connectivity index (χ0n) is 9.34. The molecule has 5 heteroatoms. The van der Waals surface area contributed by atoms with Gasteiger partial charge in [-0.05, 0) is 18.4 Å². The van der Waals surface area contributed by atoms with Crippen LogP contribution in [0.1, 0.15) is 5.82 Å². The lowest BCUT2D eigenvalue weighted by atomic mass is 10.2. The molecule has 0 atom stereocenters. The summed E-state index contributed by atoms with van der Waals surface area (Å²) in [5.41, 5.74) is 6.58. The molecule has 0 aliphatic rings. The molecule has 0 radical (unpaired) electrons. The summed E-state index contributed by atoms with van der Waals surface area (Å²) < 4.78 is 1.76. The first-order valence-electron chi connectivity index (χ1n) is 4.99. The quantitative estimate of drug-likeness (QED) is 0.821. The second-order valence-corrected chi connectivity index (χ2v) is 4.29. The lowest BCUT2D eigenvalue weighted by molar-refractivity contribution is 0.749. The first kappa shape index (κ1) is 11.2. The third kappa shape index (κ3) is 2.10. The fourth-order valence-electron chi connectivity index (χ4n) is 1.52. The summed E-state index contributed by atoms with van der Waals surface area (Å²) in [6, 6.07) is 8.26. The summed E-state index contributed by atoms with van der Waals surface area (Å²) in [6.45, 7) is 0.372. The summed E-state index contributed by atoms with van der Waals surface area (Å²) in [4.78, 5) is 5.61. The van der Waals surface area contributed by atoms with Gasteiger partial charge in [0.15, 0.2) is 11.6 Å². The third-order valence-corrected chi connectivity index (χ3v) is 3.08. The number of rotatable bonds is 3. The highest BCUT2D eigenvalue weighted by Gasteiger charge is 2.07. The summed E-state index contributed by atoms with van der Waals surface area (Å²) in [7, 11) is 1.88. The molecule has 0 amide bonds. The molecule has 2 aromatic rings. The van der Waals surface area contributed by atoms with E-state index in [1.54, 1.807) is 16.4 Å². The van der Waals surface area contributed by atoms with E-state index in [4.69, 9.17) is 5.73 Å². The van der Waals surface area contributed by atoms with Crippen molar-refractivity contribution in [2.24, 2.45) is 12.8 Å². The highest BCUT2D eigenvalue weighted by molar-refractivity contribution is 7.98. The Bertz CT molecular complexity index is 475. The normalized spacial score (nSPS) is 10.7. The smallest absolute Gasteiger partial charge is 0.164 e. The number of hydrogen-bond donors (Lipinski definition) is 1. The van der Waals surface area contributed by atoms with Gasteiger partial charge >= 0.3 is 0 Å². The topological polar surface area (TPSA) is 56.7 Å². The van der Waals surface area contributed by atoms with Gasteiger partial charge in [-0.15, -0.1) is 11.8 Å². The SMILES string of the molecule is CSc1ccc(-c2nc(CN)nn2C)cc1. The predicted molar refractivity (Wildman–Crippen MR) is 66.1 cm³/mol. The fourth-order valence-corrected chi connectivity index (χ4v) is 1.92. The van der Waals surface area contributed by atoms with E-state index in [0.717, 1.165) is 11.4 Å². The van der Waals surface area contributed by atoms with E-state index >= 15 is 0 Å². The lowest BCUT2D eigenvalue weighted by Gasteiger charge is -2.01. The maximum absolute atomic E-state index is 5.51. The van der Waals surface area contributed by atoms with Crippen LogP contribution < -0.4 is 5.73 Å². The second kappa shape index (κ2) is 4.67. The molecule has 2 N–H and O–H groups in total. The van der Waals surface area contributed by atoms with E-state index in [2.05, 4.69) is 40.6 Å². The highest BCUT2D eigenvalue weighted by atomic mass is 32.2. The third-order valence-electron chi connectivity index (χ3n) is 2.34. The Labute approximate surface area is 98.9 Å². The molecular formula is C11H14N4S. The minimum atomic E-state index is 0.372. The Morgan fingerprint density at radius 3 is 2.50 bits per heavy atom. The van der Waals surface area contributed by atoms with Crippen LogP contribution >= 0.6 is 11.8 Å². The number of thioether (sulfide) groups is 1. The first-order chi connectivity index (χ1) is 7.74. The van der Waals surface area contributed by atoms with Crippen LogP contribution in [-0.2, 0) is 13.6 Å². The van der Waals surface area contributed by atoms with Gasteiger partial charge in [-0.1, -0.05) is 12.1 Å². The minimum Gasteiger partial charge on any atom is -0.324 e. The van der Waals surface area contributed by atoms with Gasteiger partial charge in [0.05, 0.1) is 6.54 Å². The van der Waals surface area contributed by atoms with Gasteiger partial charge in [-0.25, -0.2) is 9.67 Å². The van der Waals surface area contributed by atoms with Crippen molar-refractivity contribution in [2.45, 2.75) is 11.4 Å². The molecule has 0 bridgehead atoms. The average Bonchev–Trinajstić information content (AvgIpc) is 2.71. The standard InChI is InChI=1S/C11H14N4S/c1-15-11(13-10(7-12)14-15)8-3-5-9(16-2)6-4-8/h3-6H,7,12H2,1-2H3. The van der Waals surface area contributed by atoms with Crippen LogP contribution in [0.2, 0.25) is 0 Å². The Hall–Kier alpha value is -1.33. The fraction of sp³-hybridized carbons (Fsp3) is 0.273. The van der Waals surface area contributed by atoms with Gasteiger partial charge in [0, 0.05) is 17.5 Å². The Morgan fingerprint density at radius 2 is 2.00 bits per heavy atom. The summed E-state index contributed by atoms with van der Waals surface area (Å²) in [5.74, 6) is 1.53. The minimum absolute atomic E-state index is 0.372. The van der Waals surface area contributed by atoms with Crippen LogP contribution in [0.4, 0.5) is 0 Å². The Balaban J connectivity index is 2.38. The number of benzene rings is 1. The van der Waals surface area contributed by atoms with Crippen molar-refractivity contribution < 1.29 is 0 Å². The average molecular weight is 234 g/mol. The highest BCUT2D eigenvalue weighted by Crippen LogP contribution is 2.21. The van der Waals surface area contributed by atoms with Gasteiger partial charge in [-0.3, -0.25) is 0 Å². The number of hydrogen-bond acceptors (Lipinski definition) is 4. The van der Waals surface area contributed by atoms with E-state index in [9.17, 15) is 0 Å². The molecule has 16 heavy (non-hydrogen) atoms. The van der Waals surface area contributed by atoms with Crippen LogP contribution in [0.25, 0.3) is 11.4 Å². The molecule has 0 aliphatic carbocycles. The van der Waals surface area contributed by atoms with E-state index < -0.39 is 0 Å². The monoisotopic (exact) mass is 234 g/mol. The molecule has 2 rings (SSSR count). The van der Waals surface area contributed by atoms with E-state index in [1.807, 2.05) is 7.05 Å². The number of nitrogens with zero attached hydrogens (tertiary/aromatic N) is 3. The van der Waals surface area contributed by atoms with Crippen molar-refractivity contribution in [3.63, 3.8) is 0 Å². The van der Waals surface area contributed by atoms with Gasteiger partial charge < -0.3 is 5.73 Å². The van der Waals surface area contributed by atoms with Gasteiger partial charge in [0.2, 0.25) is 0 Å². The zero-order valence-corrected chi connectivity index (χ0v) is 10.2. The summed E-state index contributed by atoms with van der Waals surface area (Å²) >= 11 is 1.72. The molecule has 84 valence electrons. The molecule has 0 unspecified atom stereocenters. The van der Waals surface area contributed by atoms with Crippen LogP contribution in [0.3, 0.4) is 0 Å². The summed E-state index contributed by atoms with van der Waals surface area (Å²) in [6.07, 6.45) is 2.06. The van der Waals surface area contributed by atoms with Crippen molar-refractivity contribution >= 4 is 11.8 Å². The number of aryl methyl sites for hydroxylation is 1. The van der Waals surface area contributed by atoms with Crippen molar-refractivity contribution in [3.8, 4) is 11.4 Å². The maximum Gasteiger partial charge on any atom is 0.164 e. The predicted octanol–water partition coefficient (Wildman–Crippen LogP) is 1.66. The van der Waals surface area contributed by atoms with E-state index in [1.165, 1.54) is 4.90 Å². The lowest BCUT2D eigenvalue weighted by Crippen LogP contribution is -1.99. The van der Waals surface area contributed by atoms with Crippen molar-refractivity contribution in [2.75, 3.05) is 6.26 Å². The van der Waals surface area contributed by atoms with Crippen LogP contribution in [0, 0.1) is 0 Å².